The Morgan fingerprint density at radius 1 is 1.47 bits per heavy atom. The van der Waals surface area contributed by atoms with E-state index in [0.29, 0.717) is 12.3 Å². The average Bonchev–Trinajstić information content (AvgIpc) is 2.73. The van der Waals surface area contributed by atoms with Crippen LogP contribution in [-0.4, -0.2) is 14.7 Å². The molecule has 2 aromatic rings. The number of aromatic nitrogens is 2. The second kappa shape index (κ2) is 4.27. The summed E-state index contributed by atoms with van der Waals surface area (Å²) in [6.45, 7) is 2.52. The Morgan fingerprint density at radius 3 is 3.00 bits per heavy atom. The van der Waals surface area contributed by atoms with Crippen LogP contribution in [0.4, 0.5) is 5.69 Å². The summed E-state index contributed by atoms with van der Waals surface area (Å²) in [5.41, 5.74) is 2.75. The van der Waals surface area contributed by atoms with Gasteiger partial charge in [0.15, 0.2) is 0 Å². The van der Waals surface area contributed by atoms with Crippen molar-refractivity contribution in [3.05, 3.63) is 34.8 Å². The molecular weight excluding hydrogens is 210 g/mol. The molecule has 0 saturated carbocycles. The highest BCUT2D eigenvalue weighted by atomic mass is 32.1. The maximum atomic E-state index is 9.35. The fraction of sp³-hybridized carbons (Fsp3) is 0.200. The largest absolute Gasteiger partial charge is 0.508 e. The zero-order chi connectivity index (χ0) is 10.7. The average molecular weight is 221 g/mol. The fourth-order valence-corrected chi connectivity index (χ4v) is 1.67. The topological polar surface area (TPSA) is 58.0 Å². The van der Waals surface area contributed by atoms with Crippen LogP contribution < -0.4 is 5.32 Å². The molecule has 78 valence electrons. The predicted octanol–water partition coefficient (Wildman–Crippen LogP) is 2.16. The summed E-state index contributed by atoms with van der Waals surface area (Å²) >= 11 is 1.34. The molecule has 0 bridgehead atoms. The molecule has 1 heterocycles. The second-order valence-electron chi connectivity index (χ2n) is 3.25. The molecule has 5 heteroatoms. The zero-order valence-corrected chi connectivity index (χ0v) is 9.08. The van der Waals surface area contributed by atoms with Gasteiger partial charge in [0.25, 0.3) is 0 Å². The Kier molecular flexibility index (Phi) is 2.82. The van der Waals surface area contributed by atoms with Crippen molar-refractivity contribution in [2.24, 2.45) is 0 Å². The van der Waals surface area contributed by atoms with Gasteiger partial charge in [0.05, 0.1) is 12.2 Å². The van der Waals surface area contributed by atoms with Crippen molar-refractivity contribution < 1.29 is 5.11 Å². The van der Waals surface area contributed by atoms with Gasteiger partial charge in [-0.25, -0.2) is 0 Å². The highest BCUT2D eigenvalue weighted by Gasteiger charge is 1.99. The normalized spacial score (nSPS) is 10.2. The number of nitrogens with one attached hydrogen (secondary N) is 1. The third-order valence-electron chi connectivity index (χ3n) is 2.08. The number of aryl methyl sites for hydroxylation is 1. The summed E-state index contributed by atoms with van der Waals surface area (Å²) in [6, 6.07) is 5.41. The maximum absolute atomic E-state index is 9.35. The molecule has 0 fully saturated rings. The minimum Gasteiger partial charge on any atom is -0.508 e. The van der Waals surface area contributed by atoms with Crippen LogP contribution in [0.15, 0.2) is 23.6 Å². The Morgan fingerprint density at radius 2 is 2.33 bits per heavy atom. The maximum Gasteiger partial charge on any atom is 0.118 e. The quantitative estimate of drug-likeness (QED) is 0.780. The first-order valence-electron chi connectivity index (χ1n) is 4.55. The van der Waals surface area contributed by atoms with Crippen LogP contribution >= 0.6 is 11.5 Å². The van der Waals surface area contributed by atoms with Crippen LogP contribution in [0.1, 0.15) is 11.3 Å². The molecule has 0 aliphatic rings. The number of hydrogen-bond acceptors (Lipinski definition) is 5. The number of anilines is 1. The summed E-state index contributed by atoms with van der Waals surface area (Å²) < 4.78 is 3.78. The Labute approximate surface area is 91.8 Å². The SMILES string of the molecule is Cc1cc(NCc2csnn2)ccc1O. The molecule has 15 heavy (non-hydrogen) atoms. The number of phenolic OH excluding ortho intramolecular Hbond substituents is 1. The first kappa shape index (κ1) is 9.92. The van der Waals surface area contributed by atoms with Crippen LogP contribution in [0.25, 0.3) is 0 Å². The highest BCUT2D eigenvalue weighted by Crippen LogP contribution is 2.20. The zero-order valence-electron chi connectivity index (χ0n) is 8.27. The molecule has 0 spiro atoms. The van der Waals surface area contributed by atoms with Crippen molar-refractivity contribution in [1.29, 1.82) is 0 Å². The van der Waals surface area contributed by atoms with Gasteiger partial charge in [-0.3, -0.25) is 0 Å². The molecule has 2 N–H and O–H groups in total. The molecule has 0 atom stereocenters. The van der Waals surface area contributed by atoms with E-state index >= 15 is 0 Å². The molecule has 0 amide bonds. The van der Waals surface area contributed by atoms with Gasteiger partial charge in [0, 0.05) is 11.1 Å². The molecular formula is C10H11N3OS. The Hall–Kier alpha value is -1.62. The number of nitrogens with zero attached hydrogens (tertiary/aromatic N) is 2. The van der Waals surface area contributed by atoms with Crippen molar-refractivity contribution >= 4 is 17.2 Å². The summed E-state index contributed by atoms with van der Waals surface area (Å²) in [5.74, 6) is 0.316. The minimum absolute atomic E-state index is 0.316. The van der Waals surface area contributed by atoms with E-state index in [0.717, 1.165) is 16.9 Å². The van der Waals surface area contributed by atoms with Gasteiger partial charge >= 0.3 is 0 Å². The van der Waals surface area contributed by atoms with E-state index in [2.05, 4.69) is 14.9 Å². The number of hydrogen-bond donors (Lipinski definition) is 2. The van der Waals surface area contributed by atoms with Gasteiger partial charge < -0.3 is 10.4 Å². The van der Waals surface area contributed by atoms with E-state index in [1.54, 1.807) is 6.07 Å². The lowest BCUT2D eigenvalue weighted by atomic mass is 10.2. The van der Waals surface area contributed by atoms with E-state index in [-0.39, 0.29) is 0 Å². The van der Waals surface area contributed by atoms with Gasteiger partial charge in [0.2, 0.25) is 0 Å². The molecule has 0 unspecified atom stereocenters. The van der Waals surface area contributed by atoms with Crippen LogP contribution in [-0.2, 0) is 6.54 Å². The minimum atomic E-state index is 0.316. The third-order valence-corrected chi connectivity index (χ3v) is 2.63. The molecule has 0 saturated heterocycles. The van der Waals surface area contributed by atoms with Crippen LogP contribution in [0.2, 0.25) is 0 Å². The highest BCUT2D eigenvalue weighted by molar-refractivity contribution is 7.03. The number of benzene rings is 1. The van der Waals surface area contributed by atoms with Crippen molar-refractivity contribution in [3.63, 3.8) is 0 Å². The second-order valence-corrected chi connectivity index (χ2v) is 3.86. The molecule has 1 aromatic heterocycles. The molecule has 0 aliphatic heterocycles. The standard InChI is InChI=1S/C10H11N3OS/c1-7-4-8(2-3-10(7)14)11-5-9-6-15-13-12-9/h2-4,6,11,14H,5H2,1H3. The van der Waals surface area contributed by atoms with Gasteiger partial charge in [-0.15, -0.1) is 5.10 Å². The van der Waals surface area contributed by atoms with E-state index in [1.165, 1.54) is 11.5 Å². The lowest BCUT2D eigenvalue weighted by Gasteiger charge is -2.05. The van der Waals surface area contributed by atoms with E-state index in [1.807, 2.05) is 24.4 Å². The van der Waals surface area contributed by atoms with Gasteiger partial charge in [-0.2, -0.15) is 0 Å². The van der Waals surface area contributed by atoms with E-state index in [4.69, 9.17) is 0 Å². The number of phenols is 1. The third kappa shape index (κ3) is 2.44. The van der Waals surface area contributed by atoms with Gasteiger partial charge in [0.1, 0.15) is 5.75 Å². The Bertz CT molecular complexity index is 442. The van der Waals surface area contributed by atoms with Crippen LogP contribution in [0, 0.1) is 6.92 Å². The smallest absolute Gasteiger partial charge is 0.118 e. The first-order valence-corrected chi connectivity index (χ1v) is 5.39. The van der Waals surface area contributed by atoms with E-state index in [9.17, 15) is 5.11 Å². The molecule has 1 aromatic carbocycles. The summed E-state index contributed by atoms with van der Waals surface area (Å²) in [5, 5.41) is 18.4. The summed E-state index contributed by atoms with van der Waals surface area (Å²) in [4.78, 5) is 0. The van der Waals surface area contributed by atoms with Crippen molar-refractivity contribution in [1.82, 2.24) is 9.59 Å². The number of aromatic hydroxyl groups is 1. The lowest BCUT2D eigenvalue weighted by molar-refractivity contribution is 0.471. The predicted molar refractivity (Wildman–Crippen MR) is 60.1 cm³/mol. The molecule has 0 aliphatic carbocycles. The molecule has 2 rings (SSSR count). The monoisotopic (exact) mass is 221 g/mol. The first-order chi connectivity index (χ1) is 7.25. The summed E-state index contributed by atoms with van der Waals surface area (Å²) in [7, 11) is 0. The van der Waals surface area contributed by atoms with E-state index < -0.39 is 0 Å². The fourth-order valence-electron chi connectivity index (χ4n) is 1.22. The lowest BCUT2D eigenvalue weighted by Crippen LogP contribution is -1.99. The number of rotatable bonds is 3. The van der Waals surface area contributed by atoms with Gasteiger partial charge in [-0.1, -0.05) is 4.49 Å². The van der Waals surface area contributed by atoms with Crippen molar-refractivity contribution in [2.45, 2.75) is 13.5 Å². The van der Waals surface area contributed by atoms with Crippen molar-refractivity contribution in [2.75, 3.05) is 5.32 Å². The Balaban J connectivity index is 2.02. The summed E-state index contributed by atoms with van der Waals surface area (Å²) in [6.07, 6.45) is 0. The van der Waals surface area contributed by atoms with Crippen LogP contribution in [0.5, 0.6) is 5.75 Å². The van der Waals surface area contributed by atoms with Gasteiger partial charge in [-0.05, 0) is 42.2 Å². The van der Waals surface area contributed by atoms with Crippen LogP contribution in [0.3, 0.4) is 0 Å². The molecule has 4 nitrogen and oxygen atoms in total. The van der Waals surface area contributed by atoms with Crippen molar-refractivity contribution in [3.8, 4) is 5.75 Å². The molecule has 0 radical (unpaired) electrons.